The summed E-state index contributed by atoms with van der Waals surface area (Å²) in [5.41, 5.74) is 3.00. The van der Waals surface area contributed by atoms with E-state index in [1.165, 1.54) is 0 Å². The molecule has 0 aliphatic heterocycles. The van der Waals surface area contributed by atoms with Gasteiger partial charge in [0.15, 0.2) is 0 Å². The maximum atomic E-state index is 11.2. The van der Waals surface area contributed by atoms with E-state index >= 15 is 0 Å². The highest BCUT2D eigenvalue weighted by Gasteiger charge is 2.17. The normalized spacial score (nSPS) is 11.1. The molecule has 26 heavy (non-hydrogen) atoms. The first-order valence-corrected chi connectivity index (χ1v) is 10.5. The Hall–Kier alpha value is -1.81. The lowest BCUT2D eigenvalue weighted by atomic mass is 10.0. The van der Waals surface area contributed by atoms with Crippen molar-refractivity contribution in [3.8, 4) is 17.2 Å². The number of rotatable bonds is 5. The van der Waals surface area contributed by atoms with Gasteiger partial charge in [0.2, 0.25) is 0 Å². The van der Waals surface area contributed by atoms with Gasteiger partial charge in [0.05, 0.1) is 6.16 Å². The van der Waals surface area contributed by atoms with Gasteiger partial charge in [-0.25, -0.2) is 0 Å². The summed E-state index contributed by atoms with van der Waals surface area (Å²) in [6.07, 6.45) is -0.286. The smallest absolute Gasteiger partial charge is 0.329 e. The zero-order valence-corrected chi connectivity index (χ0v) is 17.2. The molecule has 2 rings (SSSR count). The Balaban J connectivity index is 0.00000163. The summed E-state index contributed by atoms with van der Waals surface area (Å²) < 4.78 is 17.1. The van der Waals surface area contributed by atoms with Gasteiger partial charge in [0.25, 0.3) is 0 Å². The predicted octanol–water partition coefficient (Wildman–Crippen LogP) is 5.63. The molecule has 2 aromatic carbocycles. The second-order valence-corrected chi connectivity index (χ2v) is 8.00. The van der Waals surface area contributed by atoms with E-state index in [0.717, 1.165) is 16.7 Å². The average molecular weight is 380 g/mol. The standard InChI is InChI=1S/C18H23O5P.C2H6/c1-11(2)16-9-15(5-6-17(16)19)23-18-12(3)7-14(8-13(18)4)10-24(20,21)22;1-2/h5-9,11,19H,10H2,1-4H3,(H2,20,21,22);1-2H3. The molecule has 3 N–H and O–H groups in total. The van der Waals surface area contributed by atoms with E-state index in [0.29, 0.717) is 17.1 Å². The molecular weight excluding hydrogens is 351 g/mol. The molecule has 0 unspecified atom stereocenters. The maximum absolute atomic E-state index is 11.2. The molecule has 5 nitrogen and oxygen atoms in total. The molecule has 0 heterocycles. The fourth-order valence-electron chi connectivity index (χ4n) is 2.71. The maximum Gasteiger partial charge on any atom is 0.329 e. The van der Waals surface area contributed by atoms with Gasteiger partial charge >= 0.3 is 7.60 Å². The van der Waals surface area contributed by atoms with E-state index in [4.69, 9.17) is 14.5 Å². The predicted molar refractivity (Wildman–Crippen MR) is 105 cm³/mol. The third kappa shape index (κ3) is 6.17. The number of benzene rings is 2. The molecule has 2 aromatic rings. The molecule has 0 aromatic heterocycles. The van der Waals surface area contributed by atoms with Crippen molar-refractivity contribution in [1.29, 1.82) is 0 Å². The van der Waals surface area contributed by atoms with Crippen LogP contribution in [0.25, 0.3) is 0 Å². The van der Waals surface area contributed by atoms with Crippen molar-refractivity contribution < 1.29 is 24.2 Å². The first-order chi connectivity index (χ1) is 12.1. The number of aryl methyl sites for hydroxylation is 2. The summed E-state index contributed by atoms with van der Waals surface area (Å²) in [4.78, 5) is 18.2. The largest absolute Gasteiger partial charge is 0.508 e. The first-order valence-electron chi connectivity index (χ1n) is 8.72. The second kappa shape index (κ2) is 9.22. The lowest BCUT2D eigenvalue weighted by molar-refractivity contribution is 0.371. The summed E-state index contributed by atoms with van der Waals surface area (Å²) in [6.45, 7) is 11.7. The molecule has 0 atom stereocenters. The molecule has 0 fully saturated rings. The lowest BCUT2D eigenvalue weighted by Crippen LogP contribution is -1.96. The van der Waals surface area contributed by atoms with Crippen LogP contribution in [0.3, 0.4) is 0 Å². The third-order valence-corrected chi connectivity index (χ3v) is 4.53. The van der Waals surface area contributed by atoms with Crippen molar-refractivity contribution in [3.05, 3.63) is 52.6 Å². The van der Waals surface area contributed by atoms with Gasteiger partial charge < -0.3 is 19.6 Å². The second-order valence-electron chi connectivity index (χ2n) is 6.36. The number of ether oxygens (including phenoxy) is 1. The molecule has 0 bridgehead atoms. The minimum Gasteiger partial charge on any atom is -0.508 e. The fourth-order valence-corrected chi connectivity index (χ4v) is 3.36. The van der Waals surface area contributed by atoms with Gasteiger partial charge in [-0.3, -0.25) is 4.57 Å². The molecule has 0 saturated carbocycles. The number of aromatic hydroxyl groups is 1. The molecule has 144 valence electrons. The van der Waals surface area contributed by atoms with Crippen LogP contribution in [0.4, 0.5) is 0 Å². The molecule has 6 heteroatoms. The van der Waals surface area contributed by atoms with E-state index in [9.17, 15) is 9.67 Å². The van der Waals surface area contributed by atoms with Crippen molar-refractivity contribution in [2.75, 3.05) is 0 Å². The van der Waals surface area contributed by atoms with Gasteiger partial charge in [-0.2, -0.15) is 0 Å². The van der Waals surface area contributed by atoms with E-state index in [1.54, 1.807) is 24.3 Å². The van der Waals surface area contributed by atoms with Crippen molar-refractivity contribution in [2.45, 2.75) is 53.6 Å². The Labute approximate surface area is 155 Å². The third-order valence-electron chi connectivity index (χ3n) is 3.75. The van der Waals surface area contributed by atoms with Crippen molar-refractivity contribution in [3.63, 3.8) is 0 Å². The Morgan fingerprint density at radius 1 is 1.04 bits per heavy atom. The Bertz CT molecular complexity index is 770. The quantitative estimate of drug-likeness (QED) is 0.585. The molecule has 0 aliphatic rings. The molecular formula is C20H29O5P. The summed E-state index contributed by atoms with van der Waals surface area (Å²) in [5, 5.41) is 9.90. The van der Waals surface area contributed by atoms with Crippen molar-refractivity contribution >= 4 is 7.60 Å². The number of phenols is 1. The van der Waals surface area contributed by atoms with Crippen LogP contribution in [0.1, 0.15) is 55.9 Å². The van der Waals surface area contributed by atoms with E-state index in [-0.39, 0.29) is 17.8 Å². The molecule has 0 aliphatic carbocycles. The van der Waals surface area contributed by atoms with Gasteiger partial charge in [-0.1, -0.05) is 39.8 Å². The van der Waals surface area contributed by atoms with E-state index < -0.39 is 7.60 Å². The van der Waals surface area contributed by atoms with Crippen LogP contribution in [0.2, 0.25) is 0 Å². The van der Waals surface area contributed by atoms with Crippen LogP contribution in [0.5, 0.6) is 17.2 Å². The average Bonchev–Trinajstić information content (AvgIpc) is 2.52. The number of hydrogen-bond acceptors (Lipinski definition) is 3. The first kappa shape index (κ1) is 22.2. The molecule has 0 amide bonds. The minimum atomic E-state index is -4.10. The zero-order chi connectivity index (χ0) is 20.1. The van der Waals surface area contributed by atoms with Gasteiger partial charge in [0, 0.05) is 5.56 Å². The summed E-state index contributed by atoms with van der Waals surface area (Å²) in [6, 6.07) is 8.57. The van der Waals surface area contributed by atoms with Crippen LogP contribution in [0, 0.1) is 13.8 Å². The van der Waals surface area contributed by atoms with Crippen LogP contribution in [-0.2, 0) is 10.7 Å². The van der Waals surface area contributed by atoms with Crippen molar-refractivity contribution in [2.24, 2.45) is 0 Å². The molecule has 0 radical (unpaired) electrons. The van der Waals surface area contributed by atoms with Crippen LogP contribution in [-0.4, -0.2) is 14.9 Å². The fraction of sp³-hybridized carbons (Fsp3) is 0.400. The topological polar surface area (TPSA) is 87.0 Å². The van der Waals surface area contributed by atoms with Gasteiger partial charge in [0.1, 0.15) is 17.2 Å². The van der Waals surface area contributed by atoms with Crippen LogP contribution >= 0.6 is 7.60 Å². The SMILES string of the molecule is CC.Cc1cc(CP(=O)(O)O)cc(C)c1Oc1ccc(O)c(C(C)C)c1. The lowest BCUT2D eigenvalue weighted by Gasteiger charge is -2.16. The Morgan fingerprint density at radius 2 is 1.58 bits per heavy atom. The highest BCUT2D eigenvalue weighted by Crippen LogP contribution is 2.41. The Morgan fingerprint density at radius 3 is 2.04 bits per heavy atom. The van der Waals surface area contributed by atoms with Crippen molar-refractivity contribution in [1.82, 2.24) is 0 Å². The summed E-state index contributed by atoms with van der Waals surface area (Å²) >= 11 is 0. The Kier molecular flexibility index (Phi) is 7.88. The number of phenolic OH excluding ortho intramolecular Hbond substituents is 1. The highest BCUT2D eigenvalue weighted by molar-refractivity contribution is 7.50. The van der Waals surface area contributed by atoms with Gasteiger partial charge in [-0.05, 0) is 54.7 Å². The monoisotopic (exact) mass is 380 g/mol. The minimum absolute atomic E-state index is 0.168. The molecule has 0 spiro atoms. The number of hydrogen-bond donors (Lipinski definition) is 3. The summed E-state index contributed by atoms with van der Waals surface area (Å²) in [5.74, 6) is 1.68. The van der Waals surface area contributed by atoms with Crippen LogP contribution in [0.15, 0.2) is 30.3 Å². The van der Waals surface area contributed by atoms with E-state index in [2.05, 4.69) is 0 Å². The highest BCUT2D eigenvalue weighted by atomic mass is 31.2. The van der Waals surface area contributed by atoms with Crippen LogP contribution < -0.4 is 4.74 Å². The van der Waals surface area contributed by atoms with Gasteiger partial charge in [-0.15, -0.1) is 0 Å². The van der Waals surface area contributed by atoms with E-state index in [1.807, 2.05) is 47.6 Å². The molecule has 0 saturated heterocycles. The summed E-state index contributed by atoms with van der Waals surface area (Å²) in [7, 11) is -4.10. The zero-order valence-electron chi connectivity index (χ0n) is 16.3.